The molecule has 0 aliphatic carbocycles. The minimum Gasteiger partial charge on any atom is -0.495 e. The summed E-state index contributed by atoms with van der Waals surface area (Å²) < 4.78 is 10.0. The van der Waals surface area contributed by atoms with E-state index in [1.165, 1.54) is 19.5 Å². The van der Waals surface area contributed by atoms with Crippen molar-refractivity contribution in [2.45, 2.75) is 6.92 Å². The van der Waals surface area contributed by atoms with Crippen molar-refractivity contribution in [2.75, 3.05) is 24.8 Å². The van der Waals surface area contributed by atoms with Crippen molar-refractivity contribution in [1.29, 1.82) is 0 Å². The molecule has 0 spiro atoms. The number of nitrogens with one attached hydrogen (secondary N) is 1. The number of carbonyl (C=O) groups is 2. The van der Waals surface area contributed by atoms with E-state index in [1.54, 1.807) is 12.1 Å². The maximum Gasteiger partial charge on any atom is 0.361 e. The molecule has 0 bridgehead atoms. The van der Waals surface area contributed by atoms with Crippen LogP contribution in [0.25, 0.3) is 0 Å². The van der Waals surface area contributed by atoms with Gasteiger partial charge in [0.1, 0.15) is 5.75 Å². The Morgan fingerprint density at radius 1 is 1.26 bits per heavy atom. The third-order valence-corrected chi connectivity index (χ3v) is 2.88. The maximum atomic E-state index is 11.9. The average Bonchev–Trinajstić information content (AvgIpc) is 2.53. The zero-order valence-electron chi connectivity index (χ0n) is 12.7. The molecule has 1 aromatic heterocycles. The number of esters is 1. The Bertz CT molecular complexity index is 733. The van der Waals surface area contributed by atoms with Crippen molar-refractivity contribution in [3.63, 3.8) is 0 Å². The van der Waals surface area contributed by atoms with E-state index < -0.39 is 18.5 Å². The van der Waals surface area contributed by atoms with Crippen molar-refractivity contribution in [1.82, 2.24) is 9.97 Å². The molecule has 0 radical (unpaired) electrons. The number of aromatic nitrogens is 2. The molecule has 0 saturated heterocycles. The van der Waals surface area contributed by atoms with Gasteiger partial charge < -0.3 is 20.5 Å². The van der Waals surface area contributed by atoms with Crippen LogP contribution in [0.15, 0.2) is 30.6 Å². The van der Waals surface area contributed by atoms with Crippen molar-refractivity contribution < 1.29 is 19.1 Å². The largest absolute Gasteiger partial charge is 0.495 e. The van der Waals surface area contributed by atoms with E-state index in [1.807, 2.05) is 13.0 Å². The van der Waals surface area contributed by atoms with Gasteiger partial charge in [-0.15, -0.1) is 0 Å². The lowest BCUT2D eigenvalue weighted by Crippen LogP contribution is -2.22. The SMILES string of the molecule is COc1ccc(C)cc1NC(=O)COC(=O)c1nccnc1N. The Morgan fingerprint density at radius 2 is 2.00 bits per heavy atom. The van der Waals surface area contributed by atoms with E-state index in [-0.39, 0.29) is 11.5 Å². The number of hydrogen-bond donors (Lipinski definition) is 2. The second-order valence-electron chi connectivity index (χ2n) is 4.62. The smallest absolute Gasteiger partial charge is 0.361 e. The summed E-state index contributed by atoms with van der Waals surface area (Å²) in [5, 5.41) is 2.62. The van der Waals surface area contributed by atoms with E-state index >= 15 is 0 Å². The molecule has 0 saturated carbocycles. The van der Waals surface area contributed by atoms with Gasteiger partial charge in [-0.3, -0.25) is 4.79 Å². The molecular weight excluding hydrogens is 300 g/mol. The van der Waals surface area contributed by atoms with Crippen LogP contribution in [0.2, 0.25) is 0 Å². The number of amides is 1. The molecule has 0 aliphatic heterocycles. The number of methoxy groups -OCH3 is 1. The zero-order valence-corrected chi connectivity index (χ0v) is 12.7. The van der Waals surface area contributed by atoms with Crippen LogP contribution in [-0.2, 0) is 9.53 Å². The lowest BCUT2D eigenvalue weighted by atomic mass is 10.2. The van der Waals surface area contributed by atoms with Gasteiger partial charge in [0, 0.05) is 12.4 Å². The van der Waals surface area contributed by atoms with Crippen LogP contribution in [0.1, 0.15) is 16.1 Å². The van der Waals surface area contributed by atoms with Gasteiger partial charge in [0.05, 0.1) is 12.8 Å². The Morgan fingerprint density at radius 3 is 2.70 bits per heavy atom. The summed E-state index contributed by atoms with van der Waals surface area (Å²) in [4.78, 5) is 31.2. The fourth-order valence-electron chi connectivity index (χ4n) is 1.81. The Balaban J connectivity index is 1.97. The number of nitrogen functional groups attached to an aromatic ring is 1. The Labute approximate surface area is 132 Å². The van der Waals surface area contributed by atoms with Gasteiger partial charge in [-0.2, -0.15) is 0 Å². The van der Waals surface area contributed by atoms with E-state index in [0.29, 0.717) is 11.4 Å². The average molecular weight is 316 g/mol. The predicted octanol–water partition coefficient (Wildman–Crippen LogP) is 1.17. The van der Waals surface area contributed by atoms with E-state index in [0.717, 1.165) is 5.56 Å². The molecule has 0 aliphatic rings. The third kappa shape index (κ3) is 4.16. The first-order valence-electron chi connectivity index (χ1n) is 6.69. The molecule has 1 aromatic carbocycles. The predicted molar refractivity (Wildman–Crippen MR) is 83.1 cm³/mol. The number of ether oxygens (including phenoxy) is 2. The van der Waals surface area contributed by atoms with Crippen LogP contribution in [0.3, 0.4) is 0 Å². The Kier molecular flexibility index (Phi) is 5.08. The van der Waals surface area contributed by atoms with Crippen molar-refractivity contribution in [2.24, 2.45) is 0 Å². The van der Waals surface area contributed by atoms with Gasteiger partial charge in [0.15, 0.2) is 18.1 Å². The summed E-state index contributed by atoms with van der Waals surface area (Å²) in [6, 6.07) is 5.34. The lowest BCUT2D eigenvalue weighted by molar-refractivity contribution is -0.119. The number of anilines is 2. The standard InChI is InChI=1S/C15H16N4O4/c1-9-3-4-11(22-2)10(7-9)19-12(20)8-23-15(21)13-14(16)18-6-5-17-13/h3-7H,8H2,1-2H3,(H2,16,18)(H,19,20). The van der Waals surface area contributed by atoms with Crippen LogP contribution in [0, 0.1) is 6.92 Å². The van der Waals surface area contributed by atoms with Gasteiger partial charge >= 0.3 is 5.97 Å². The Hall–Kier alpha value is -3.16. The fraction of sp³-hybridized carbons (Fsp3) is 0.200. The first-order chi connectivity index (χ1) is 11.0. The van der Waals surface area contributed by atoms with Crippen LogP contribution in [0.4, 0.5) is 11.5 Å². The van der Waals surface area contributed by atoms with Crippen LogP contribution < -0.4 is 15.8 Å². The monoisotopic (exact) mass is 316 g/mol. The van der Waals surface area contributed by atoms with Crippen LogP contribution >= 0.6 is 0 Å². The first-order valence-corrected chi connectivity index (χ1v) is 6.69. The summed E-state index contributed by atoms with van der Waals surface area (Å²) in [5.74, 6) is -0.877. The summed E-state index contributed by atoms with van der Waals surface area (Å²) in [5.41, 5.74) is 6.83. The van der Waals surface area contributed by atoms with Crippen molar-refractivity contribution in [3.05, 3.63) is 41.9 Å². The first kappa shape index (κ1) is 16.2. The second kappa shape index (κ2) is 7.21. The number of nitrogens with zero attached hydrogens (tertiary/aromatic N) is 2. The highest BCUT2D eigenvalue weighted by atomic mass is 16.5. The van der Waals surface area contributed by atoms with Gasteiger partial charge in [-0.25, -0.2) is 14.8 Å². The molecule has 23 heavy (non-hydrogen) atoms. The molecule has 1 amide bonds. The molecule has 1 heterocycles. The lowest BCUT2D eigenvalue weighted by Gasteiger charge is -2.11. The van der Waals surface area contributed by atoms with E-state index in [4.69, 9.17) is 15.2 Å². The summed E-state index contributed by atoms with van der Waals surface area (Å²) in [7, 11) is 1.50. The molecule has 120 valence electrons. The van der Waals surface area contributed by atoms with Crippen LogP contribution in [-0.4, -0.2) is 35.6 Å². The topological polar surface area (TPSA) is 116 Å². The number of hydrogen-bond acceptors (Lipinski definition) is 7. The molecule has 0 unspecified atom stereocenters. The molecule has 8 nitrogen and oxygen atoms in total. The summed E-state index contributed by atoms with van der Waals surface area (Å²) in [6.07, 6.45) is 2.66. The highest BCUT2D eigenvalue weighted by Gasteiger charge is 2.16. The van der Waals surface area contributed by atoms with Gasteiger partial charge in [-0.05, 0) is 24.6 Å². The quantitative estimate of drug-likeness (QED) is 0.795. The van der Waals surface area contributed by atoms with E-state index in [9.17, 15) is 9.59 Å². The second-order valence-corrected chi connectivity index (χ2v) is 4.62. The van der Waals surface area contributed by atoms with Gasteiger partial charge in [0.2, 0.25) is 0 Å². The zero-order chi connectivity index (χ0) is 16.8. The number of aryl methyl sites for hydroxylation is 1. The number of nitrogens with two attached hydrogens (primary N) is 1. The molecule has 2 aromatic rings. The molecule has 3 N–H and O–H groups in total. The van der Waals surface area contributed by atoms with E-state index in [2.05, 4.69) is 15.3 Å². The fourth-order valence-corrected chi connectivity index (χ4v) is 1.81. The molecule has 0 atom stereocenters. The number of benzene rings is 1. The van der Waals surface area contributed by atoms with Crippen LogP contribution in [0.5, 0.6) is 5.75 Å². The summed E-state index contributed by atoms with van der Waals surface area (Å²) >= 11 is 0. The highest BCUT2D eigenvalue weighted by molar-refractivity contribution is 5.97. The molecule has 0 fully saturated rings. The highest BCUT2D eigenvalue weighted by Crippen LogP contribution is 2.25. The molecule has 8 heteroatoms. The molecular formula is C15H16N4O4. The third-order valence-electron chi connectivity index (χ3n) is 2.88. The minimum absolute atomic E-state index is 0.0572. The van der Waals surface area contributed by atoms with Crippen molar-refractivity contribution >= 4 is 23.4 Å². The normalized spacial score (nSPS) is 10.0. The summed E-state index contributed by atoms with van der Waals surface area (Å²) in [6.45, 7) is 1.40. The molecule has 2 rings (SSSR count). The number of rotatable bonds is 5. The maximum absolute atomic E-state index is 11.9. The van der Waals surface area contributed by atoms with Crippen molar-refractivity contribution in [3.8, 4) is 5.75 Å². The van der Waals surface area contributed by atoms with Gasteiger partial charge in [-0.1, -0.05) is 6.07 Å². The number of carbonyl (C=O) groups excluding carboxylic acids is 2. The minimum atomic E-state index is -0.818. The van der Waals surface area contributed by atoms with Gasteiger partial charge in [0.25, 0.3) is 5.91 Å².